The van der Waals surface area contributed by atoms with E-state index in [1.807, 2.05) is 31.1 Å². The Hall–Kier alpha value is -1.55. The number of hydrogen-bond donors (Lipinski definition) is 1. The van der Waals surface area contributed by atoms with Gasteiger partial charge in [-0.2, -0.15) is 0 Å². The number of hydrogen-bond acceptors (Lipinski definition) is 2. The third-order valence-electron chi connectivity index (χ3n) is 5.01. The van der Waals surface area contributed by atoms with Crippen molar-refractivity contribution in [2.45, 2.75) is 38.1 Å². The maximum atomic E-state index is 12.1. The van der Waals surface area contributed by atoms with Gasteiger partial charge in [0.05, 0.1) is 15.6 Å². The van der Waals surface area contributed by atoms with E-state index >= 15 is 0 Å². The first-order valence-electron chi connectivity index (χ1n) is 8.82. The molecule has 3 nitrogen and oxygen atoms in total. The van der Waals surface area contributed by atoms with Gasteiger partial charge in [0.2, 0.25) is 5.91 Å². The molecule has 0 aliphatic heterocycles. The Bertz CT molecular complexity index is 759. The van der Waals surface area contributed by atoms with Crippen molar-refractivity contribution in [1.29, 1.82) is 0 Å². The van der Waals surface area contributed by atoms with Crippen molar-refractivity contribution in [3.63, 3.8) is 0 Å². The summed E-state index contributed by atoms with van der Waals surface area (Å²) in [7, 11) is 3.85. The van der Waals surface area contributed by atoms with Crippen molar-refractivity contribution in [1.82, 2.24) is 4.90 Å². The SMILES string of the molecule is CCCC(CCc1ccc(-c2ccc(Cl)c(Cl)c2)cc1)(C(N)=O)N(C)C. The zero-order valence-electron chi connectivity index (χ0n) is 15.6. The molecule has 140 valence electrons. The second-order valence-corrected chi connectivity index (χ2v) is 7.68. The van der Waals surface area contributed by atoms with Crippen molar-refractivity contribution in [2.24, 2.45) is 5.73 Å². The van der Waals surface area contributed by atoms with E-state index in [4.69, 9.17) is 28.9 Å². The van der Waals surface area contributed by atoms with Gasteiger partial charge >= 0.3 is 0 Å². The molecule has 0 aliphatic rings. The Balaban J connectivity index is 2.15. The molecular formula is C21H26Cl2N2O. The topological polar surface area (TPSA) is 46.3 Å². The van der Waals surface area contributed by atoms with Crippen LogP contribution in [0, 0.1) is 0 Å². The standard InChI is InChI=1S/C21H26Cl2N2O/c1-4-12-21(20(24)26,25(2)3)13-11-15-5-7-16(8-6-15)17-9-10-18(22)19(23)14-17/h5-10,14H,4,11-13H2,1-3H3,(H2,24,26). The second kappa shape index (κ2) is 8.90. The lowest BCUT2D eigenvalue weighted by atomic mass is 9.85. The summed E-state index contributed by atoms with van der Waals surface area (Å²) in [5.74, 6) is -0.253. The van der Waals surface area contributed by atoms with E-state index in [1.165, 1.54) is 5.56 Å². The molecule has 0 aliphatic carbocycles. The van der Waals surface area contributed by atoms with E-state index in [9.17, 15) is 4.79 Å². The summed E-state index contributed by atoms with van der Waals surface area (Å²) in [5.41, 5.74) is 8.43. The van der Waals surface area contributed by atoms with Crippen molar-refractivity contribution >= 4 is 29.1 Å². The molecule has 0 heterocycles. The first-order valence-corrected chi connectivity index (χ1v) is 9.57. The van der Waals surface area contributed by atoms with Crippen LogP contribution in [-0.2, 0) is 11.2 Å². The molecule has 2 aromatic carbocycles. The second-order valence-electron chi connectivity index (χ2n) is 6.87. The molecule has 0 spiro atoms. The monoisotopic (exact) mass is 392 g/mol. The molecule has 2 rings (SSSR count). The predicted octanol–water partition coefficient (Wildman–Crippen LogP) is 5.18. The zero-order valence-corrected chi connectivity index (χ0v) is 17.1. The number of rotatable bonds is 8. The summed E-state index contributed by atoms with van der Waals surface area (Å²) >= 11 is 12.1. The number of carbonyl (C=O) groups is 1. The third-order valence-corrected chi connectivity index (χ3v) is 5.75. The summed E-state index contributed by atoms with van der Waals surface area (Å²) < 4.78 is 0. The van der Waals surface area contributed by atoms with Crippen LogP contribution < -0.4 is 5.73 Å². The predicted molar refractivity (Wildman–Crippen MR) is 111 cm³/mol. The van der Waals surface area contributed by atoms with Gasteiger partial charge in [0.25, 0.3) is 0 Å². The molecule has 5 heteroatoms. The molecule has 0 fully saturated rings. The fourth-order valence-electron chi connectivity index (χ4n) is 3.34. The number of carbonyl (C=O) groups excluding carboxylic acids is 1. The largest absolute Gasteiger partial charge is 0.368 e. The lowest BCUT2D eigenvalue weighted by molar-refractivity contribution is -0.129. The van der Waals surface area contributed by atoms with Gasteiger partial charge in [0.1, 0.15) is 0 Å². The molecule has 0 saturated carbocycles. The van der Waals surface area contributed by atoms with Gasteiger partial charge < -0.3 is 5.73 Å². The van der Waals surface area contributed by atoms with E-state index in [0.717, 1.165) is 30.4 Å². The van der Waals surface area contributed by atoms with Gasteiger partial charge in [-0.1, -0.05) is 66.9 Å². The van der Waals surface area contributed by atoms with Crippen molar-refractivity contribution in [3.8, 4) is 11.1 Å². The van der Waals surface area contributed by atoms with Crippen molar-refractivity contribution < 1.29 is 4.79 Å². The highest BCUT2D eigenvalue weighted by atomic mass is 35.5. The Morgan fingerprint density at radius 3 is 2.12 bits per heavy atom. The summed E-state index contributed by atoms with van der Waals surface area (Å²) in [6.07, 6.45) is 3.17. The molecule has 2 aromatic rings. The first-order chi connectivity index (χ1) is 12.3. The van der Waals surface area contributed by atoms with E-state index in [-0.39, 0.29) is 5.91 Å². The molecule has 1 atom stereocenters. The fourth-order valence-corrected chi connectivity index (χ4v) is 3.64. The number of primary amides is 1. The molecule has 0 saturated heterocycles. The fraction of sp³-hybridized carbons (Fsp3) is 0.381. The molecule has 0 radical (unpaired) electrons. The van der Waals surface area contributed by atoms with E-state index in [1.54, 1.807) is 6.07 Å². The van der Waals surface area contributed by atoms with Gasteiger partial charge in [0, 0.05) is 0 Å². The Morgan fingerprint density at radius 1 is 1.00 bits per heavy atom. The van der Waals surface area contributed by atoms with Gasteiger partial charge in [-0.3, -0.25) is 9.69 Å². The molecule has 1 unspecified atom stereocenters. The molecule has 0 bridgehead atoms. The quantitative estimate of drug-likeness (QED) is 0.672. The Labute approximate surface area is 166 Å². The number of nitrogens with zero attached hydrogens (tertiary/aromatic N) is 1. The van der Waals surface area contributed by atoms with Crippen LogP contribution >= 0.6 is 23.2 Å². The maximum absolute atomic E-state index is 12.1. The van der Waals surface area contributed by atoms with Gasteiger partial charge in [-0.15, -0.1) is 0 Å². The van der Waals surface area contributed by atoms with Crippen LogP contribution in [0.5, 0.6) is 0 Å². The smallest absolute Gasteiger partial charge is 0.237 e. The highest BCUT2D eigenvalue weighted by molar-refractivity contribution is 6.42. The van der Waals surface area contributed by atoms with Crippen LogP contribution in [0.4, 0.5) is 0 Å². The van der Waals surface area contributed by atoms with Gasteiger partial charge in [0.15, 0.2) is 0 Å². The number of likely N-dealkylation sites (N-methyl/N-ethyl adjacent to an activating group) is 1. The number of benzene rings is 2. The summed E-state index contributed by atoms with van der Waals surface area (Å²) in [6, 6.07) is 13.9. The minimum atomic E-state index is -0.600. The van der Waals surface area contributed by atoms with Crippen LogP contribution in [0.1, 0.15) is 31.7 Å². The van der Waals surface area contributed by atoms with Gasteiger partial charge in [-0.05, 0) is 62.2 Å². The number of aryl methyl sites for hydroxylation is 1. The Kier molecular flexibility index (Phi) is 7.10. The summed E-state index contributed by atoms with van der Waals surface area (Å²) in [6.45, 7) is 2.08. The lowest BCUT2D eigenvalue weighted by Gasteiger charge is -2.37. The Morgan fingerprint density at radius 2 is 1.62 bits per heavy atom. The van der Waals surface area contributed by atoms with Crippen LogP contribution in [0.3, 0.4) is 0 Å². The number of nitrogens with two attached hydrogens (primary N) is 1. The number of amides is 1. The van der Waals surface area contributed by atoms with Crippen LogP contribution in [0.2, 0.25) is 10.0 Å². The summed E-state index contributed by atoms with van der Waals surface area (Å²) in [5, 5.41) is 1.10. The van der Waals surface area contributed by atoms with Crippen LogP contribution in [0.15, 0.2) is 42.5 Å². The summed E-state index contributed by atoms with van der Waals surface area (Å²) in [4.78, 5) is 14.1. The molecule has 1 amide bonds. The first kappa shape index (κ1) is 20.8. The number of halogens is 2. The molecule has 2 N–H and O–H groups in total. The normalized spacial score (nSPS) is 13.6. The maximum Gasteiger partial charge on any atom is 0.237 e. The third kappa shape index (κ3) is 4.59. The molecule has 0 aromatic heterocycles. The average molecular weight is 393 g/mol. The van der Waals surface area contributed by atoms with Crippen LogP contribution in [-0.4, -0.2) is 30.4 Å². The van der Waals surface area contributed by atoms with E-state index < -0.39 is 5.54 Å². The van der Waals surface area contributed by atoms with E-state index in [2.05, 4.69) is 31.2 Å². The highest BCUT2D eigenvalue weighted by Gasteiger charge is 2.37. The lowest BCUT2D eigenvalue weighted by Crippen LogP contribution is -2.54. The van der Waals surface area contributed by atoms with Crippen LogP contribution in [0.25, 0.3) is 11.1 Å². The van der Waals surface area contributed by atoms with Gasteiger partial charge in [-0.25, -0.2) is 0 Å². The van der Waals surface area contributed by atoms with Crippen molar-refractivity contribution in [3.05, 3.63) is 58.1 Å². The minimum Gasteiger partial charge on any atom is -0.368 e. The highest BCUT2D eigenvalue weighted by Crippen LogP contribution is 2.30. The molecular weight excluding hydrogens is 367 g/mol. The zero-order chi connectivity index (χ0) is 19.3. The minimum absolute atomic E-state index is 0.253. The van der Waals surface area contributed by atoms with Crippen molar-refractivity contribution in [2.75, 3.05) is 14.1 Å². The molecule has 26 heavy (non-hydrogen) atoms. The van der Waals surface area contributed by atoms with E-state index in [0.29, 0.717) is 16.5 Å². The average Bonchev–Trinajstić information content (AvgIpc) is 2.61.